The van der Waals surface area contributed by atoms with Crippen molar-refractivity contribution in [2.24, 2.45) is 0 Å². The van der Waals surface area contributed by atoms with E-state index in [1.54, 1.807) is 0 Å². The van der Waals surface area contributed by atoms with Crippen LogP contribution < -0.4 is 0 Å². The first kappa shape index (κ1) is 72.8. The molecule has 0 saturated carbocycles. The van der Waals surface area contributed by atoms with Crippen molar-refractivity contribution in [1.29, 1.82) is 0 Å². The van der Waals surface area contributed by atoms with Crippen LogP contribution in [0.5, 0.6) is 0 Å². The van der Waals surface area contributed by atoms with Crippen molar-refractivity contribution < 1.29 is 28.6 Å². The maximum atomic E-state index is 12.9. The number of hydrogen-bond acceptors (Lipinski definition) is 6. The summed E-state index contributed by atoms with van der Waals surface area (Å²) in [4.78, 5) is 38.2. The van der Waals surface area contributed by atoms with Crippen molar-refractivity contribution in [1.82, 2.24) is 0 Å². The van der Waals surface area contributed by atoms with E-state index in [0.717, 1.165) is 141 Å². The van der Waals surface area contributed by atoms with Gasteiger partial charge in [0.1, 0.15) is 13.2 Å². The summed E-state index contributed by atoms with van der Waals surface area (Å²) in [5.41, 5.74) is 0. The summed E-state index contributed by atoms with van der Waals surface area (Å²) in [6.07, 6.45) is 89.2. The standard InChI is InChI=1S/C71H118O6/c1-4-7-10-13-16-19-22-25-27-28-29-30-31-32-33-34-35-36-37-38-39-40-41-42-43-44-45-47-49-52-55-58-61-64-70(73)76-67-68(66-75-69(72)63-60-57-54-51-48-24-21-18-15-12-9-6-3)77-71(74)65-62-59-56-53-50-46-26-23-20-17-14-11-8-5-2/h7,10,14,16-17,19,23,25-27,29-30,32-33,35-36,38-39,41-42,68H,4-6,8-9,11-13,15,18,20-22,24,28,31,34,37,40,43-67H2,1-3H3/b10-7-,17-14-,19-16-,26-23-,27-25-,30-29-,33-32-,36-35-,39-38-,42-41-. The van der Waals surface area contributed by atoms with E-state index < -0.39 is 6.10 Å². The number of esters is 3. The highest BCUT2D eigenvalue weighted by Gasteiger charge is 2.19. The zero-order valence-electron chi connectivity index (χ0n) is 50.2. The topological polar surface area (TPSA) is 78.9 Å². The van der Waals surface area contributed by atoms with Crippen molar-refractivity contribution in [2.45, 2.75) is 297 Å². The average Bonchev–Trinajstić information content (AvgIpc) is 3.43. The molecule has 0 fully saturated rings. The third-order valence-electron chi connectivity index (χ3n) is 13.5. The Morgan fingerprint density at radius 1 is 0.273 bits per heavy atom. The van der Waals surface area contributed by atoms with Crippen LogP contribution in [0, 0.1) is 0 Å². The first-order valence-corrected chi connectivity index (χ1v) is 32.0. The highest BCUT2D eigenvalue weighted by atomic mass is 16.6. The number of carbonyl (C=O) groups excluding carboxylic acids is 3. The smallest absolute Gasteiger partial charge is 0.306 e. The molecule has 0 aromatic heterocycles. The fourth-order valence-corrected chi connectivity index (χ4v) is 8.65. The van der Waals surface area contributed by atoms with Crippen LogP contribution in [0.4, 0.5) is 0 Å². The van der Waals surface area contributed by atoms with Gasteiger partial charge in [-0.2, -0.15) is 0 Å². The molecule has 6 heteroatoms. The minimum atomic E-state index is -0.789. The highest BCUT2D eigenvalue weighted by molar-refractivity contribution is 5.71. The number of carbonyl (C=O) groups is 3. The molecule has 0 N–H and O–H groups in total. The summed E-state index contributed by atoms with van der Waals surface area (Å²) in [5.74, 6) is -0.904. The summed E-state index contributed by atoms with van der Waals surface area (Å²) >= 11 is 0. The molecule has 0 aliphatic rings. The predicted molar refractivity (Wildman–Crippen MR) is 334 cm³/mol. The Morgan fingerprint density at radius 3 is 0.831 bits per heavy atom. The van der Waals surface area contributed by atoms with Gasteiger partial charge in [-0.05, 0) is 109 Å². The molecule has 0 radical (unpaired) electrons. The summed E-state index contributed by atoms with van der Waals surface area (Å²) < 4.78 is 16.9. The monoisotopic (exact) mass is 1070 g/mol. The lowest BCUT2D eigenvalue weighted by Crippen LogP contribution is -2.30. The van der Waals surface area contributed by atoms with Crippen LogP contribution in [-0.4, -0.2) is 37.2 Å². The lowest BCUT2D eigenvalue weighted by Gasteiger charge is -2.18. The van der Waals surface area contributed by atoms with Crippen LogP contribution in [0.15, 0.2) is 122 Å². The first-order chi connectivity index (χ1) is 38.0. The minimum absolute atomic E-state index is 0.0852. The van der Waals surface area contributed by atoms with Gasteiger partial charge in [0.2, 0.25) is 0 Å². The number of unbranched alkanes of at least 4 members (excludes halogenated alkanes) is 26. The molecule has 438 valence electrons. The second kappa shape index (κ2) is 64.3. The Labute approximate surface area is 475 Å². The quantitative estimate of drug-likeness (QED) is 0.0261. The third kappa shape index (κ3) is 62.5. The lowest BCUT2D eigenvalue weighted by molar-refractivity contribution is -0.167. The SMILES string of the molecule is CC/C=C\C/C=C\C/C=C\C/C=C\C/C=C\C/C=C\C/C=C\C/C=C\CCCCCCCCCCC(=O)OCC(COC(=O)CCCCCCCCCCCCCC)OC(=O)CCCCCCC/C=C\C/C=C\CCCC. The highest BCUT2D eigenvalue weighted by Crippen LogP contribution is 2.15. The molecule has 6 nitrogen and oxygen atoms in total. The molecule has 1 unspecified atom stereocenters. The van der Waals surface area contributed by atoms with Crippen molar-refractivity contribution in [3.63, 3.8) is 0 Å². The van der Waals surface area contributed by atoms with E-state index in [4.69, 9.17) is 14.2 Å². The zero-order valence-corrected chi connectivity index (χ0v) is 50.2. The molecule has 0 saturated heterocycles. The normalized spacial score (nSPS) is 12.9. The van der Waals surface area contributed by atoms with E-state index in [1.165, 1.54) is 109 Å². The van der Waals surface area contributed by atoms with Crippen LogP contribution in [0.2, 0.25) is 0 Å². The van der Waals surface area contributed by atoms with Gasteiger partial charge in [0, 0.05) is 19.3 Å². The maximum absolute atomic E-state index is 12.9. The molecule has 1 atom stereocenters. The van der Waals surface area contributed by atoms with E-state index in [9.17, 15) is 14.4 Å². The van der Waals surface area contributed by atoms with Gasteiger partial charge in [-0.3, -0.25) is 14.4 Å². The number of hydrogen-bond donors (Lipinski definition) is 0. The van der Waals surface area contributed by atoms with Crippen molar-refractivity contribution >= 4 is 17.9 Å². The second-order valence-corrected chi connectivity index (χ2v) is 20.9. The number of rotatable bonds is 57. The molecule has 0 amide bonds. The van der Waals surface area contributed by atoms with Gasteiger partial charge in [0.25, 0.3) is 0 Å². The van der Waals surface area contributed by atoms with E-state index in [-0.39, 0.29) is 31.1 Å². The van der Waals surface area contributed by atoms with Gasteiger partial charge in [0.15, 0.2) is 6.10 Å². The Hall–Kier alpha value is -4.19. The molecular formula is C71H118O6. The van der Waals surface area contributed by atoms with Crippen LogP contribution >= 0.6 is 0 Å². The Morgan fingerprint density at radius 2 is 0.519 bits per heavy atom. The van der Waals surface area contributed by atoms with Crippen LogP contribution in [0.25, 0.3) is 0 Å². The minimum Gasteiger partial charge on any atom is -0.462 e. The molecule has 0 aromatic rings. The van der Waals surface area contributed by atoms with Gasteiger partial charge in [-0.15, -0.1) is 0 Å². The molecule has 0 heterocycles. The van der Waals surface area contributed by atoms with E-state index in [1.807, 2.05) is 0 Å². The van der Waals surface area contributed by atoms with Gasteiger partial charge < -0.3 is 14.2 Å². The molecule has 0 aliphatic carbocycles. The van der Waals surface area contributed by atoms with Crippen molar-refractivity contribution in [3.05, 3.63) is 122 Å². The number of allylic oxidation sites excluding steroid dienone is 20. The largest absolute Gasteiger partial charge is 0.462 e. The molecule has 0 spiro atoms. The zero-order chi connectivity index (χ0) is 55.7. The molecule has 0 rings (SSSR count). The second-order valence-electron chi connectivity index (χ2n) is 20.9. The van der Waals surface area contributed by atoms with Crippen LogP contribution in [0.3, 0.4) is 0 Å². The number of ether oxygens (including phenoxy) is 3. The Bertz CT molecular complexity index is 1600. The van der Waals surface area contributed by atoms with E-state index in [0.29, 0.717) is 19.3 Å². The fourth-order valence-electron chi connectivity index (χ4n) is 8.65. The molecule has 0 bridgehead atoms. The molecule has 0 aliphatic heterocycles. The van der Waals surface area contributed by atoms with Crippen molar-refractivity contribution in [2.75, 3.05) is 13.2 Å². The lowest BCUT2D eigenvalue weighted by atomic mass is 10.0. The van der Waals surface area contributed by atoms with Gasteiger partial charge in [0.05, 0.1) is 0 Å². The molecular weight excluding hydrogens is 949 g/mol. The summed E-state index contributed by atoms with van der Waals surface area (Å²) in [6.45, 7) is 6.47. The van der Waals surface area contributed by atoms with Gasteiger partial charge in [-0.25, -0.2) is 0 Å². The maximum Gasteiger partial charge on any atom is 0.306 e. The summed E-state index contributed by atoms with van der Waals surface area (Å²) in [6, 6.07) is 0. The fraction of sp³-hybridized carbons (Fsp3) is 0.676. The Kier molecular flexibility index (Phi) is 60.8. The van der Waals surface area contributed by atoms with Crippen LogP contribution in [-0.2, 0) is 28.6 Å². The van der Waals surface area contributed by atoms with E-state index in [2.05, 4.69) is 142 Å². The predicted octanol–water partition coefficient (Wildman–Crippen LogP) is 22.0. The van der Waals surface area contributed by atoms with E-state index >= 15 is 0 Å². The van der Waals surface area contributed by atoms with Crippen LogP contribution in [0.1, 0.15) is 290 Å². The third-order valence-corrected chi connectivity index (χ3v) is 13.5. The Balaban J connectivity index is 4.24. The van der Waals surface area contributed by atoms with Gasteiger partial charge >= 0.3 is 17.9 Å². The molecule has 0 aromatic carbocycles. The molecule has 77 heavy (non-hydrogen) atoms. The van der Waals surface area contributed by atoms with Gasteiger partial charge in [-0.1, -0.05) is 284 Å². The van der Waals surface area contributed by atoms with Crippen molar-refractivity contribution in [3.8, 4) is 0 Å². The summed E-state index contributed by atoms with van der Waals surface area (Å²) in [7, 11) is 0. The first-order valence-electron chi connectivity index (χ1n) is 32.0. The summed E-state index contributed by atoms with van der Waals surface area (Å²) in [5, 5.41) is 0. The average molecular weight is 1070 g/mol.